The van der Waals surface area contributed by atoms with E-state index in [0.29, 0.717) is 23.6 Å². The molecule has 0 spiro atoms. The summed E-state index contributed by atoms with van der Waals surface area (Å²) < 4.78 is 0. The van der Waals surface area contributed by atoms with Crippen LogP contribution in [0.3, 0.4) is 0 Å². The Balaban J connectivity index is 2.55. The van der Waals surface area contributed by atoms with E-state index in [2.05, 4.69) is 5.32 Å². The van der Waals surface area contributed by atoms with Gasteiger partial charge in [0, 0.05) is 18.4 Å². The normalized spacial score (nSPS) is 10.1. The summed E-state index contributed by atoms with van der Waals surface area (Å²) >= 11 is 5.90. The summed E-state index contributed by atoms with van der Waals surface area (Å²) in [6.45, 7) is 0. The molecule has 0 radical (unpaired) electrons. The van der Waals surface area contributed by atoms with Crippen LogP contribution in [0.15, 0.2) is 18.2 Å². The lowest BCUT2D eigenvalue weighted by Gasteiger charge is -2.08. The van der Waals surface area contributed by atoms with Crippen LogP contribution in [0.1, 0.15) is 36.0 Å². The molecule has 0 aliphatic heterocycles. The predicted molar refractivity (Wildman–Crippen MR) is 74.7 cm³/mol. The third kappa shape index (κ3) is 5.27. The number of nitrogens with one attached hydrogen (secondary N) is 1. The maximum Gasteiger partial charge on any atom is 0.303 e. The smallest absolute Gasteiger partial charge is 0.303 e. The number of carbonyl (C=O) groups is 3. The summed E-state index contributed by atoms with van der Waals surface area (Å²) in [7, 11) is 0. The molecule has 1 aromatic carbocycles. The standard InChI is InChI=1S/C13H15ClN2O4/c14-9-6-5-8(13(15)20)7-10(9)16-11(17)3-1-2-4-12(18)19/h5-7H,1-4H2,(H2,15,20)(H,16,17)(H,18,19). The predicted octanol–water partition coefficient (Wildman–Crippen LogP) is 2.02. The summed E-state index contributed by atoms with van der Waals surface area (Å²) in [5.74, 6) is -1.79. The van der Waals surface area contributed by atoms with E-state index in [0.717, 1.165) is 0 Å². The van der Waals surface area contributed by atoms with Gasteiger partial charge in [0.25, 0.3) is 0 Å². The van der Waals surface area contributed by atoms with Crippen molar-refractivity contribution < 1.29 is 19.5 Å². The first-order valence-corrected chi connectivity index (χ1v) is 6.39. The second-order valence-electron chi connectivity index (χ2n) is 4.21. The van der Waals surface area contributed by atoms with Crippen molar-refractivity contribution >= 4 is 35.1 Å². The Morgan fingerprint density at radius 1 is 1.20 bits per heavy atom. The highest BCUT2D eigenvalue weighted by Crippen LogP contribution is 2.23. The summed E-state index contributed by atoms with van der Waals surface area (Å²) in [4.78, 5) is 33.0. The number of halogens is 1. The Labute approximate surface area is 120 Å². The van der Waals surface area contributed by atoms with Gasteiger partial charge in [0.15, 0.2) is 0 Å². The molecule has 1 rings (SSSR count). The van der Waals surface area contributed by atoms with E-state index >= 15 is 0 Å². The summed E-state index contributed by atoms with van der Waals surface area (Å²) in [6, 6.07) is 4.34. The fraction of sp³-hybridized carbons (Fsp3) is 0.308. The number of aliphatic carboxylic acids is 1. The number of benzene rings is 1. The van der Waals surface area contributed by atoms with E-state index in [1.165, 1.54) is 18.2 Å². The molecule has 0 atom stereocenters. The number of amides is 2. The number of anilines is 1. The number of primary amides is 1. The van der Waals surface area contributed by atoms with Gasteiger partial charge in [-0.15, -0.1) is 0 Å². The van der Waals surface area contributed by atoms with Gasteiger partial charge in [-0.1, -0.05) is 11.6 Å². The van der Waals surface area contributed by atoms with Crippen molar-refractivity contribution in [2.24, 2.45) is 5.73 Å². The average molecular weight is 299 g/mol. The van der Waals surface area contributed by atoms with Crippen LogP contribution in [-0.2, 0) is 9.59 Å². The number of carboxylic acid groups (broad SMARTS) is 1. The van der Waals surface area contributed by atoms with Crippen LogP contribution in [0.5, 0.6) is 0 Å². The van der Waals surface area contributed by atoms with E-state index < -0.39 is 11.9 Å². The lowest BCUT2D eigenvalue weighted by atomic mass is 10.1. The topological polar surface area (TPSA) is 109 Å². The SMILES string of the molecule is NC(=O)c1ccc(Cl)c(NC(=O)CCCCC(=O)O)c1. The van der Waals surface area contributed by atoms with Crippen LogP contribution in [0.2, 0.25) is 5.02 Å². The molecule has 0 unspecified atom stereocenters. The maximum absolute atomic E-state index is 11.7. The van der Waals surface area contributed by atoms with Crippen molar-refractivity contribution in [2.45, 2.75) is 25.7 Å². The van der Waals surface area contributed by atoms with Crippen molar-refractivity contribution in [3.63, 3.8) is 0 Å². The molecule has 7 heteroatoms. The molecule has 0 bridgehead atoms. The largest absolute Gasteiger partial charge is 0.481 e. The highest BCUT2D eigenvalue weighted by Gasteiger charge is 2.09. The molecule has 2 amide bonds. The Bertz CT molecular complexity index is 531. The summed E-state index contributed by atoms with van der Waals surface area (Å²) in [5.41, 5.74) is 5.70. The van der Waals surface area contributed by atoms with Crippen molar-refractivity contribution in [3.05, 3.63) is 28.8 Å². The van der Waals surface area contributed by atoms with Gasteiger partial charge in [-0.3, -0.25) is 14.4 Å². The second-order valence-corrected chi connectivity index (χ2v) is 4.62. The molecule has 0 fully saturated rings. The van der Waals surface area contributed by atoms with E-state index in [1.54, 1.807) is 0 Å². The Morgan fingerprint density at radius 3 is 2.45 bits per heavy atom. The molecule has 4 N–H and O–H groups in total. The fourth-order valence-electron chi connectivity index (χ4n) is 1.55. The van der Waals surface area contributed by atoms with Crippen molar-refractivity contribution in [3.8, 4) is 0 Å². The molecule has 1 aromatic rings. The van der Waals surface area contributed by atoms with Crippen molar-refractivity contribution in [1.82, 2.24) is 0 Å². The summed E-state index contributed by atoms with van der Waals surface area (Å²) in [6.07, 6.45) is 1.11. The third-order valence-electron chi connectivity index (χ3n) is 2.57. The van der Waals surface area contributed by atoms with Gasteiger partial charge in [0.05, 0.1) is 10.7 Å². The number of unbranched alkanes of at least 4 members (excludes halogenated alkanes) is 1. The first-order chi connectivity index (χ1) is 9.40. The van der Waals surface area contributed by atoms with Crippen LogP contribution in [-0.4, -0.2) is 22.9 Å². The lowest BCUT2D eigenvalue weighted by molar-refractivity contribution is -0.137. The highest BCUT2D eigenvalue weighted by molar-refractivity contribution is 6.33. The maximum atomic E-state index is 11.7. The molecule has 0 heterocycles. The summed E-state index contributed by atoms with van der Waals surface area (Å²) in [5, 5.41) is 11.3. The fourth-order valence-corrected chi connectivity index (χ4v) is 1.71. The number of hydrogen-bond acceptors (Lipinski definition) is 3. The number of carboxylic acids is 1. The molecular formula is C13H15ClN2O4. The first-order valence-electron chi connectivity index (χ1n) is 6.01. The zero-order valence-corrected chi connectivity index (χ0v) is 11.4. The Morgan fingerprint density at radius 2 is 1.85 bits per heavy atom. The number of rotatable bonds is 7. The number of carbonyl (C=O) groups excluding carboxylic acids is 2. The van der Waals surface area contributed by atoms with Gasteiger partial charge < -0.3 is 16.2 Å². The van der Waals surface area contributed by atoms with Crippen molar-refractivity contribution in [2.75, 3.05) is 5.32 Å². The van der Waals surface area contributed by atoms with E-state index in [9.17, 15) is 14.4 Å². The number of nitrogens with two attached hydrogens (primary N) is 1. The van der Waals surface area contributed by atoms with Crippen LogP contribution in [0, 0.1) is 0 Å². The highest BCUT2D eigenvalue weighted by atomic mass is 35.5. The Kier molecular flexibility index (Phi) is 5.99. The molecule has 0 saturated heterocycles. The van der Waals surface area contributed by atoms with Crippen molar-refractivity contribution in [1.29, 1.82) is 0 Å². The van der Waals surface area contributed by atoms with Gasteiger partial charge in [-0.2, -0.15) is 0 Å². The molecule has 0 aromatic heterocycles. The zero-order chi connectivity index (χ0) is 15.1. The minimum absolute atomic E-state index is 0.0329. The minimum Gasteiger partial charge on any atom is -0.481 e. The van der Waals surface area contributed by atoms with Crippen LogP contribution >= 0.6 is 11.6 Å². The molecular weight excluding hydrogens is 284 g/mol. The molecule has 6 nitrogen and oxygen atoms in total. The molecule has 0 aliphatic carbocycles. The van der Waals surface area contributed by atoms with E-state index in [-0.39, 0.29) is 24.3 Å². The number of hydrogen-bond donors (Lipinski definition) is 3. The third-order valence-corrected chi connectivity index (χ3v) is 2.90. The van der Waals surface area contributed by atoms with E-state index in [1.807, 2.05) is 0 Å². The van der Waals surface area contributed by atoms with Crippen LogP contribution in [0.25, 0.3) is 0 Å². The van der Waals surface area contributed by atoms with Gasteiger partial charge in [0.2, 0.25) is 11.8 Å². The quantitative estimate of drug-likeness (QED) is 0.669. The molecule has 0 aliphatic rings. The Hall–Kier alpha value is -2.08. The van der Waals surface area contributed by atoms with Crippen LogP contribution < -0.4 is 11.1 Å². The molecule has 20 heavy (non-hydrogen) atoms. The van der Waals surface area contributed by atoms with E-state index in [4.69, 9.17) is 22.4 Å². The zero-order valence-electron chi connectivity index (χ0n) is 10.7. The minimum atomic E-state index is -0.886. The average Bonchev–Trinajstić information content (AvgIpc) is 2.37. The lowest BCUT2D eigenvalue weighted by Crippen LogP contribution is -2.14. The van der Waals surface area contributed by atoms with Gasteiger partial charge in [-0.25, -0.2) is 0 Å². The first kappa shape index (κ1) is 16.0. The van der Waals surface area contributed by atoms with Gasteiger partial charge in [0.1, 0.15) is 0 Å². The monoisotopic (exact) mass is 298 g/mol. The van der Waals surface area contributed by atoms with Gasteiger partial charge in [-0.05, 0) is 31.0 Å². The molecule has 0 saturated carbocycles. The second kappa shape index (κ2) is 7.49. The van der Waals surface area contributed by atoms with Gasteiger partial charge >= 0.3 is 5.97 Å². The van der Waals surface area contributed by atoms with Crippen LogP contribution in [0.4, 0.5) is 5.69 Å². The molecule has 108 valence electrons.